The number of aromatic nitrogens is 3. The van der Waals surface area contributed by atoms with Gasteiger partial charge in [0.15, 0.2) is 5.69 Å². The average molecular weight is 516 g/mol. The van der Waals surface area contributed by atoms with Crippen LogP contribution < -0.4 is 5.32 Å². The highest BCUT2D eigenvalue weighted by molar-refractivity contribution is 6.01. The second kappa shape index (κ2) is 10.1. The summed E-state index contributed by atoms with van der Waals surface area (Å²) >= 11 is 0. The van der Waals surface area contributed by atoms with Crippen LogP contribution in [-0.4, -0.2) is 50.8 Å². The molecule has 0 spiro atoms. The molecule has 0 saturated carbocycles. The molecule has 37 heavy (non-hydrogen) atoms. The Morgan fingerprint density at radius 2 is 1.92 bits per heavy atom. The van der Waals surface area contributed by atoms with E-state index >= 15 is 0 Å². The number of hydrogen-bond donors (Lipinski definition) is 1. The van der Waals surface area contributed by atoms with Crippen molar-refractivity contribution in [3.05, 3.63) is 77.5 Å². The van der Waals surface area contributed by atoms with E-state index in [4.69, 9.17) is 6.57 Å². The lowest BCUT2D eigenvalue weighted by Crippen LogP contribution is -2.57. The van der Waals surface area contributed by atoms with Crippen LogP contribution in [0, 0.1) is 12.5 Å². The summed E-state index contributed by atoms with van der Waals surface area (Å²) in [5.74, 6) is -4.66. The second-order valence-electron chi connectivity index (χ2n) is 8.77. The molecule has 0 aliphatic carbocycles. The third-order valence-corrected chi connectivity index (χ3v) is 6.09. The van der Waals surface area contributed by atoms with Gasteiger partial charge >= 0.3 is 6.18 Å². The van der Waals surface area contributed by atoms with E-state index in [-0.39, 0.29) is 23.7 Å². The number of nitrogens with one attached hydrogen (secondary N) is 1. The maximum Gasteiger partial charge on any atom is 0.419 e. The van der Waals surface area contributed by atoms with Gasteiger partial charge in [-0.3, -0.25) is 9.78 Å². The van der Waals surface area contributed by atoms with E-state index in [0.717, 1.165) is 4.90 Å². The molecule has 4 rings (SSSR count). The Labute approximate surface area is 209 Å². The molecule has 1 aromatic carbocycles. The first kappa shape index (κ1) is 25.9. The Hall–Kier alpha value is -4.14. The number of carbonyl (C=O) groups is 1. The standard InChI is InChI=1S/C25H21F5N6O/c1-15-10-24(26,27)14-36(21(15)13-35-23-33-11-16(12-34-23)25(28,29)30)22(37)19-9-17(31-2)6-7-18(19)20-5-3-4-8-32-20/h3-9,11-12,15,21H,10,13-14H2,1H3,(H,33,34,35)/t15-,21?/m1/s1. The smallest absolute Gasteiger partial charge is 0.352 e. The van der Waals surface area contributed by atoms with E-state index in [1.165, 1.54) is 18.3 Å². The zero-order valence-corrected chi connectivity index (χ0v) is 19.5. The average Bonchev–Trinajstić information content (AvgIpc) is 2.86. The molecule has 192 valence electrons. The molecule has 2 atom stereocenters. The van der Waals surface area contributed by atoms with Crippen LogP contribution in [0.5, 0.6) is 0 Å². The number of halogens is 5. The summed E-state index contributed by atoms with van der Waals surface area (Å²) in [6.07, 6.45) is -2.32. The molecule has 3 heterocycles. The van der Waals surface area contributed by atoms with Gasteiger partial charge in [0.2, 0.25) is 5.95 Å². The van der Waals surface area contributed by atoms with Gasteiger partial charge in [-0.2, -0.15) is 13.2 Å². The first-order chi connectivity index (χ1) is 17.5. The summed E-state index contributed by atoms with van der Waals surface area (Å²) in [4.78, 5) is 29.7. The van der Waals surface area contributed by atoms with E-state index in [9.17, 15) is 26.7 Å². The number of carbonyl (C=O) groups excluding carboxylic acids is 1. The van der Waals surface area contributed by atoms with Crippen molar-refractivity contribution in [3.63, 3.8) is 0 Å². The molecule has 2 aromatic heterocycles. The third-order valence-electron chi connectivity index (χ3n) is 6.09. The van der Waals surface area contributed by atoms with E-state index in [1.807, 2.05) is 0 Å². The summed E-state index contributed by atoms with van der Waals surface area (Å²) in [7, 11) is 0. The number of amides is 1. The van der Waals surface area contributed by atoms with Crippen molar-refractivity contribution in [1.29, 1.82) is 0 Å². The van der Waals surface area contributed by atoms with Gasteiger partial charge in [-0.1, -0.05) is 25.1 Å². The van der Waals surface area contributed by atoms with Gasteiger partial charge in [0.05, 0.1) is 30.4 Å². The molecule has 1 unspecified atom stereocenters. The molecule has 3 aromatic rings. The van der Waals surface area contributed by atoms with Crippen LogP contribution in [0.25, 0.3) is 16.1 Å². The van der Waals surface area contributed by atoms with Crippen molar-refractivity contribution < 1.29 is 26.7 Å². The number of nitrogens with zero attached hydrogens (tertiary/aromatic N) is 5. The van der Waals surface area contributed by atoms with Gasteiger partial charge in [-0.15, -0.1) is 0 Å². The number of benzene rings is 1. The third kappa shape index (κ3) is 5.82. The van der Waals surface area contributed by atoms with Crippen molar-refractivity contribution in [2.45, 2.75) is 31.5 Å². The summed E-state index contributed by atoms with van der Waals surface area (Å²) in [6.45, 7) is 7.96. The minimum atomic E-state index is -4.60. The van der Waals surface area contributed by atoms with Crippen molar-refractivity contribution in [2.24, 2.45) is 5.92 Å². The van der Waals surface area contributed by atoms with Crippen LogP contribution in [0.4, 0.5) is 33.6 Å². The highest BCUT2D eigenvalue weighted by atomic mass is 19.4. The summed E-state index contributed by atoms with van der Waals surface area (Å²) in [5, 5.41) is 2.77. The molecule has 0 bridgehead atoms. The predicted molar refractivity (Wildman–Crippen MR) is 125 cm³/mol. The molecule has 1 fully saturated rings. The summed E-state index contributed by atoms with van der Waals surface area (Å²) in [5.41, 5.74) is 0.00665. The highest BCUT2D eigenvalue weighted by Crippen LogP contribution is 2.37. The second-order valence-corrected chi connectivity index (χ2v) is 8.77. The van der Waals surface area contributed by atoms with E-state index in [1.54, 1.807) is 31.2 Å². The van der Waals surface area contributed by atoms with Crippen LogP contribution >= 0.6 is 0 Å². The van der Waals surface area contributed by atoms with Crippen molar-refractivity contribution in [2.75, 3.05) is 18.4 Å². The van der Waals surface area contributed by atoms with Crippen LogP contribution in [-0.2, 0) is 6.18 Å². The lowest BCUT2D eigenvalue weighted by atomic mass is 9.87. The number of rotatable bonds is 5. The maximum absolute atomic E-state index is 14.6. The Bertz CT molecular complexity index is 1310. The van der Waals surface area contributed by atoms with Crippen molar-refractivity contribution in [3.8, 4) is 11.3 Å². The van der Waals surface area contributed by atoms with Crippen LogP contribution in [0.2, 0.25) is 0 Å². The molecule has 1 aliphatic heterocycles. The minimum Gasteiger partial charge on any atom is -0.352 e. The van der Waals surface area contributed by atoms with Crippen LogP contribution in [0.3, 0.4) is 0 Å². The predicted octanol–water partition coefficient (Wildman–Crippen LogP) is 5.71. The molecular weight excluding hydrogens is 495 g/mol. The Morgan fingerprint density at radius 1 is 1.19 bits per heavy atom. The molecule has 12 heteroatoms. The number of likely N-dealkylation sites (tertiary alicyclic amines) is 1. The van der Waals surface area contributed by atoms with E-state index < -0.39 is 48.5 Å². The number of alkyl halides is 5. The molecule has 1 amide bonds. The Kier molecular flexibility index (Phi) is 7.07. The first-order valence-corrected chi connectivity index (χ1v) is 11.2. The van der Waals surface area contributed by atoms with Gasteiger partial charge in [0, 0.05) is 42.7 Å². The lowest BCUT2D eigenvalue weighted by molar-refractivity contribution is -0.138. The highest BCUT2D eigenvalue weighted by Gasteiger charge is 2.46. The van der Waals surface area contributed by atoms with Crippen molar-refractivity contribution >= 4 is 17.5 Å². The van der Waals surface area contributed by atoms with Gasteiger partial charge in [-0.05, 0) is 24.1 Å². The van der Waals surface area contributed by atoms with Gasteiger partial charge in [0.25, 0.3) is 11.8 Å². The quantitative estimate of drug-likeness (QED) is 0.348. The molecule has 7 nitrogen and oxygen atoms in total. The fourth-order valence-corrected chi connectivity index (χ4v) is 4.32. The normalized spacial score (nSPS) is 19.2. The summed E-state index contributed by atoms with van der Waals surface area (Å²) < 4.78 is 67.6. The lowest BCUT2D eigenvalue weighted by Gasteiger charge is -2.43. The van der Waals surface area contributed by atoms with Crippen molar-refractivity contribution in [1.82, 2.24) is 19.9 Å². The molecular formula is C25H21F5N6O. The molecule has 1 saturated heterocycles. The van der Waals surface area contributed by atoms with E-state index in [2.05, 4.69) is 25.1 Å². The van der Waals surface area contributed by atoms with Crippen LogP contribution in [0.15, 0.2) is 55.0 Å². The zero-order chi connectivity index (χ0) is 26.8. The van der Waals surface area contributed by atoms with Crippen LogP contribution in [0.1, 0.15) is 29.3 Å². The number of piperidine rings is 1. The van der Waals surface area contributed by atoms with Gasteiger partial charge in [-0.25, -0.2) is 23.6 Å². The minimum absolute atomic E-state index is 0.0490. The Balaban J connectivity index is 1.65. The molecule has 1 N–H and O–H groups in total. The first-order valence-electron chi connectivity index (χ1n) is 11.2. The maximum atomic E-state index is 14.6. The zero-order valence-electron chi connectivity index (χ0n) is 19.5. The SMILES string of the molecule is [C-]#[N+]c1ccc(-c2ccccn2)c(C(=O)N2CC(F)(F)C[C@@H](C)C2CNc2ncc(C(F)(F)F)cn2)c1. The topological polar surface area (TPSA) is 75.4 Å². The van der Waals surface area contributed by atoms with Gasteiger partial charge < -0.3 is 10.2 Å². The molecule has 0 radical (unpaired) electrons. The Morgan fingerprint density at radius 3 is 2.54 bits per heavy atom. The fraction of sp³-hybridized carbons (Fsp3) is 0.320. The number of anilines is 1. The number of pyridine rings is 1. The molecule has 1 aliphatic rings. The monoisotopic (exact) mass is 516 g/mol. The van der Waals surface area contributed by atoms with Gasteiger partial charge in [0.1, 0.15) is 0 Å². The summed E-state index contributed by atoms with van der Waals surface area (Å²) in [6, 6.07) is 8.73. The fourth-order valence-electron chi connectivity index (χ4n) is 4.32. The largest absolute Gasteiger partial charge is 0.419 e. The van der Waals surface area contributed by atoms with E-state index in [0.29, 0.717) is 23.7 Å². The number of hydrogen-bond acceptors (Lipinski definition) is 5.